The summed E-state index contributed by atoms with van der Waals surface area (Å²) in [6, 6.07) is 6.91. The van der Waals surface area contributed by atoms with Gasteiger partial charge in [-0.25, -0.2) is 14.1 Å². The van der Waals surface area contributed by atoms with Gasteiger partial charge in [-0.3, -0.25) is 18.8 Å². The van der Waals surface area contributed by atoms with Crippen LogP contribution >= 0.6 is 0 Å². The van der Waals surface area contributed by atoms with Crippen molar-refractivity contribution in [3.8, 4) is 5.69 Å². The van der Waals surface area contributed by atoms with Crippen LogP contribution in [0, 0.1) is 11.8 Å². The molecule has 1 fully saturated rings. The molecule has 182 valence electrons. The van der Waals surface area contributed by atoms with Crippen LogP contribution in [0.1, 0.15) is 19.3 Å². The van der Waals surface area contributed by atoms with E-state index < -0.39 is 11.5 Å². The van der Waals surface area contributed by atoms with E-state index in [9.17, 15) is 23.5 Å². The molecule has 35 heavy (non-hydrogen) atoms. The Morgan fingerprint density at radius 1 is 1.11 bits per heavy atom. The van der Waals surface area contributed by atoms with E-state index in [0.717, 1.165) is 0 Å². The number of piperidine rings is 1. The molecule has 1 aromatic carbocycles. The monoisotopic (exact) mass is 483 g/mol. The van der Waals surface area contributed by atoms with Crippen LogP contribution in [0.3, 0.4) is 0 Å². The van der Waals surface area contributed by atoms with Gasteiger partial charge in [-0.1, -0.05) is 0 Å². The number of fused-ring (bicyclic) bond motifs is 1. The molecule has 0 radical (unpaired) electrons. The van der Waals surface area contributed by atoms with Gasteiger partial charge in [0.25, 0.3) is 5.56 Å². The number of amides is 1. The van der Waals surface area contributed by atoms with Crippen LogP contribution in [-0.4, -0.2) is 63.7 Å². The number of rotatable bonds is 6. The standard InChI is InChI=1S/C23H23F2N7O3/c24-16-1-3-17(4-2-16)32-21-18(13-27-32)22(34)30(15-26-21)14-23(35)7-11-29(12-8-23)20(33)6-10-31-9-5-19(25)28-31/h1-5,9,13,15,35H,6-8,10-12,14H2. The summed E-state index contributed by atoms with van der Waals surface area (Å²) in [5.41, 5.74) is -0.614. The highest BCUT2D eigenvalue weighted by Gasteiger charge is 2.34. The van der Waals surface area contributed by atoms with E-state index in [-0.39, 0.29) is 42.2 Å². The molecule has 0 bridgehead atoms. The molecule has 1 amide bonds. The lowest BCUT2D eigenvalue weighted by Gasteiger charge is -2.38. The van der Waals surface area contributed by atoms with Gasteiger partial charge in [0.15, 0.2) is 5.65 Å². The highest BCUT2D eigenvalue weighted by atomic mass is 19.1. The number of nitrogens with zero attached hydrogens (tertiary/aromatic N) is 7. The van der Waals surface area contributed by atoms with Crippen LogP contribution in [0.4, 0.5) is 8.78 Å². The highest BCUT2D eigenvalue weighted by molar-refractivity contribution is 5.76. The van der Waals surface area contributed by atoms with Gasteiger partial charge < -0.3 is 10.0 Å². The Hall–Kier alpha value is -3.93. The fourth-order valence-electron chi connectivity index (χ4n) is 4.31. The number of carbonyl (C=O) groups is 1. The van der Waals surface area contributed by atoms with E-state index in [4.69, 9.17) is 0 Å². The summed E-state index contributed by atoms with van der Waals surface area (Å²) >= 11 is 0. The first-order chi connectivity index (χ1) is 16.8. The van der Waals surface area contributed by atoms with Crippen LogP contribution in [0.25, 0.3) is 16.7 Å². The highest BCUT2D eigenvalue weighted by Crippen LogP contribution is 2.24. The number of likely N-dealkylation sites (tertiary alicyclic amines) is 1. The van der Waals surface area contributed by atoms with E-state index in [1.807, 2.05) is 0 Å². The lowest BCUT2D eigenvalue weighted by molar-refractivity contribution is -0.136. The molecule has 5 rings (SSSR count). The molecule has 1 aliphatic heterocycles. The summed E-state index contributed by atoms with van der Waals surface area (Å²) in [5.74, 6) is -1.07. The molecule has 0 spiro atoms. The number of halogens is 2. The number of benzene rings is 1. The molecule has 1 saturated heterocycles. The van der Waals surface area contributed by atoms with Crippen molar-refractivity contribution in [3.63, 3.8) is 0 Å². The molecule has 0 aliphatic carbocycles. The topological polar surface area (TPSA) is 111 Å². The maximum absolute atomic E-state index is 13.2. The Bertz CT molecular complexity index is 1420. The average Bonchev–Trinajstić information content (AvgIpc) is 3.47. The molecule has 4 aromatic rings. The van der Waals surface area contributed by atoms with Crippen molar-refractivity contribution in [3.05, 3.63) is 71.2 Å². The predicted molar refractivity (Wildman–Crippen MR) is 121 cm³/mol. The van der Waals surface area contributed by atoms with Gasteiger partial charge in [0.2, 0.25) is 11.9 Å². The van der Waals surface area contributed by atoms with Crippen LogP contribution < -0.4 is 5.56 Å². The second-order valence-corrected chi connectivity index (χ2v) is 8.70. The Morgan fingerprint density at radius 3 is 2.54 bits per heavy atom. The Morgan fingerprint density at radius 2 is 1.86 bits per heavy atom. The predicted octanol–water partition coefficient (Wildman–Crippen LogP) is 1.50. The second kappa shape index (κ2) is 9.02. The summed E-state index contributed by atoms with van der Waals surface area (Å²) in [7, 11) is 0. The van der Waals surface area contributed by atoms with Crippen LogP contribution in [0.2, 0.25) is 0 Å². The number of carbonyl (C=O) groups excluding carboxylic acids is 1. The zero-order chi connectivity index (χ0) is 24.6. The maximum Gasteiger partial charge on any atom is 0.264 e. The largest absolute Gasteiger partial charge is 0.388 e. The fourth-order valence-corrected chi connectivity index (χ4v) is 4.31. The summed E-state index contributed by atoms with van der Waals surface area (Å²) in [6.45, 7) is 0.993. The van der Waals surface area contributed by atoms with Gasteiger partial charge in [0.1, 0.15) is 17.5 Å². The lowest BCUT2D eigenvalue weighted by atomic mass is 9.91. The third kappa shape index (κ3) is 4.69. The molecule has 0 saturated carbocycles. The van der Waals surface area contributed by atoms with Crippen molar-refractivity contribution in [2.45, 2.75) is 38.0 Å². The summed E-state index contributed by atoms with van der Waals surface area (Å²) in [4.78, 5) is 31.5. The van der Waals surface area contributed by atoms with Crippen LogP contribution in [0.5, 0.6) is 0 Å². The van der Waals surface area contributed by atoms with Crippen molar-refractivity contribution >= 4 is 16.9 Å². The van der Waals surface area contributed by atoms with Crippen molar-refractivity contribution in [1.82, 2.24) is 34.0 Å². The first-order valence-electron chi connectivity index (χ1n) is 11.2. The molecule has 1 N–H and O–H groups in total. The van der Waals surface area contributed by atoms with Crippen molar-refractivity contribution in [2.75, 3.05) is 13.1 Å². The van der Waals surface area contributed by atoms with Crippen molar-refractivity contribution in [2.24, 2.45) is 0 Å². The van der Waals surface area contributed by atoms with E-state index in [2.05, 4.69) is 15.2 Å². The van der Waals surface area contributed by atoms with Crippen LogP contribution in [0.15, 0.2) is 53.8 Å². The molecular formula is C23H23F2N7O3. The normalized spacial score (nSPS) is 15.6. The van der Waals surface area contributed by atoms with Crippen LogP contribution in [-0.2, 0) is 17.9 Å². The molecule has 4 heterocycles. The van der Waals surface area contributed by atoms with Gasteiger partial charge >= 0.3 is 0 Å². The lowest BCUT2D eigenvalue weighted by Crippen LogP contribution is -2.49. The second-order valence-electron chi connectivity index (χ2n) is 8.70. The molecule has 10 nitrogen and oxygen atoms in total. The first-order valence-corrected chi connectivity index (χ1v) is 11.2. The summed E-state index contributed by atoms with van der Waals surface area (Å²) < 4.78 is 30.4. The summed E-state index contributed by atoms with van der Waals surface area (Å²) in [5, 5.41) is 19.2. The zero-order valence-corrected chi connectivity index (χ0v) is 18.7. The first kappa shape index (κ1) is 22.8. The van der Waals surface area contributed by atoms with E-state index in [1.165, 1.54) is 50.9 Å². The minimum atomic E-state index is -1.17. The molecule has 3 aromatic heterocycles. The number of aliphatic hydroxyl groups is 1. The minimum Gasteiger partial charge on any atom is -0.388 e. The zero-order valence-electron chi connectivity index (χ0n) is 18.7. The van der Waals surface area contributed by atoms with E-state index >= 15 is 0 Å². The SMILES string of the molecule is O=C(CCn1ccc(F)n1)N1CCC(O)(Cn2cnc3c(cnn3-c3ccc(F)cc3)c2=O)CC1. The van der Waals surface area contributed by atoms with Gasteiger partial charge in [0.05, 0.1) is 24.0 Å². The van der Waals surface area contributed by atoms with Gasteiger partial charge in [-0.05, 0) is 37.1 Å². The molecule has 0 atom stereocenters. The number of aromatic nitrogens is 6. The van der Waals surface area contributed by atoms with Crippen molar-refractivity contribution < 1.29 is 18.7 Å². The average molecular weight is 483 g/mol. The Labute approximate surface area is 198 Å². The smallest absolute Gasteiger partial charge is 0.264 e. The molecule has 1 aliphatic rings. The maximum atomic E-state index is 13.2. The number of aryl methyl sites for hydroxylation is 1. The third-order valence-electron chi connectivity index (χ3n) is 6.30. The number of hydrogen-bond acceptors (Lipinski definition) is 6. The quantitative estimate of drug-likeness (QED) is 0.445. The van der Waals surface area contributed by atoms with Crippen molar-refractivity contribution in [1.29, 1.82) is 0 Å². The third-order valence-corrected chi connectivity index (χ3v) is 6.30. The summed E-state index contributed by atoms with van der Waals surface area (Å²) in [6.07, 6.45) is 5.02. The minimum absolute atomic E-state index is 0.0328. The Kier molecular flexibility index (Phi) is 5.89. The molecule has 12 heteroatoms. The fraction of sp³-hybridized carbons (Fsp3) is 0.348. The number of hydrogen-bond donors (Lipinski definition) is 1. The van der Waals surface area contributed by atoms with E-state index in [1.54, 1.807) is 17.0 Å². The Balaban J connectivity index is 1.24. The van der Waals surface area contributed by atoms with Gasteiger partial charge in [-0.15, -0.1) is 5.10 Å². The molecule has 0 unspecified atom stereocenters. The van der Waals surface area contributed by atoms with Gasteiger partial charge in [-0.2, -0.15) is 9.49 Å². The van der Waals surface area contributed by atoms with Gasteiger partial charge in [0, 0.05) is 38.3 Å². The van der Waals surface area contributed by atoms with E-state index in [0.29, 0.717) is 37.3 Å². The molecular weight excluding hydrogens is 460 g/mol.